The minimum Gasteiger partial charge on any atom is -0.376 e. The van der Waals surface area contributed by atoms with Gasteiger partial charge in [0.2, 0.25) is 5.91 Å². The second kappa shape index (κ2) is 7.41. The van der Waals surface area contributed by atoms with E-state index in [1.807, 2.05) is 36.9 Å². The first-order valence-corrected chi connectivity index (χ1v) is 8.53. The second-order valence-corrected chi connectivity index (χ2v) is 6.86. The van der Waals surface area contributed by atoms with Gasteiger partial charge in [-0.15, -0.1) is 0 Å². The molecule has 2 aliphatic heterocycles. The monoisotopic (exact) mass is 318 g/mol. The van der Waals surface area contributed by atoms with Crippen LogP contribution in [0, 0.1) is 17.8 Å². The van der Waals surface area contributed by atoms with E-state index in [1.165, 1.54) is 0 Å². The molecule has 23 heavy (non-hydrogen) atoms. The fraction of sp³-hybridized carbons (Fsp3) is 0.667. The molecule has 0 saturated carbocycles. The molecular weight excluding hydrogens is 292 g/mol. The highest BCUT2D eigenvalue weighted by molar-refractivity contribution is 5.78. The molecule has 0 spiro atoms. The Morgan fingerprint density at radius 1 is 1.43 bits per heavy atom. The lowest BCUT2D eigenvalue weighted by Crippen LogP contribution is -2.34. The molecule has 2 aliphatic rings. The zero-order valence-electron chi connectivity index (χ0n) is 14.0. The predicted molar refractivity (Wildman–Crippen MR) is 86.6 cm³/mol. The van der Waals surface area contributed by atoms with Crippen LogP contribution in [-0.4, -0.2) is 48.2 Å². The van der Waals surface area contributed by atoms with Crippen molar-refractivity contribution in [3.8, 4) is 0 Å². The van der Waals surface area contributed by atoms with Crippen LogP contribution in [0.1, 0.15) is 26.0 Å². The summed E-state index contributed by atoms with van der Waals surface area (Å²) in [6.07, 6.45) is 2.99. The van der Waals surface area contributed by atoms with Crippen LogP contribution in [0.3, 0.4) is 0 Å². The molecule has 2 saturated heterocycles. The number of hydrogen-bond donors (Lipinski definition) is 0. The predicted octanol–water partition coefficient (Wildman–Crippen LogP) is 2.12. The average Bonchev–Trinajstić information content (AvgIpc) is 3.13. The molecule has 5 heteroatoms. The summed E-state index contributed by atoms with van der Waals surface area (Å²) in [6.45, 7) is 7.58. The summed E-state index contributed by atoms with van der Waals surface area (Å²) < 4.78 is 11.6. The fourth-order valence-electron chi connectivity index (χ4n) is 3.54. The lowest BCUT2D eigenvalue weighted by Gasteiger charge is -2.21. The summed E-state index contributed by atoms with van der Waals surface area (Å²) in [4.78, 5) is 18.4. The third-order valence-electron chi connectivity index (χ3n) is 4.85. The first kappa shape index (κ1) is 16.4. The van der Waals surface area contributed by atoms with Crippen LogP contribution >= 0.6 is 0 Å². The molecule has 3 atom stereocenters. The van der Waals surface area contributed by atoms with E-state index in [-0.39, 0.29) is 17.9 Å². The summed E-state index contributed by atoms with van der Waals surface area (Å²) in [5, 5.41) is 0. The number of rotatable bonds is 6. The Hall–Kier alpha value is -1.46. The van der Waals surface area contributed by atoms with Crippen molar-refractivity contribution in [3.05, 3.63) is 30.1 Å². The molecule has 0 unspecified atom stereocenters. The number of amides is 1. The van der Waals surface area contributed by atoms with E-state index in [2.05, 4.69) is 4.98 Å². The van der Waals surface area contributed by atoms with Crippen LogP contribution < -0.4 is 0 Å². The highest BCUT2D eigenvalue weighted by atomic mass is 16.5. The van der Waals surface area contributed by atoms with Crippen LogP contribution in [0.2, 0.25) is 0 Å². The normalized spacial score (nSPS) is 26.7. The largest absolute Gasteiger partial charge is 0.376 e. The SMILES string of the molecule is CC(C)C(=O)N1C[C@H]2[C@@H](CCOCc3ccccn3)CO[C@H]2C1. The Bertz CT molecular complexity index is 520. The molecule has 1 amide bonds. The molecule has 1 aromatic heterocycles. The minimum atomic E-state index is 0.0639. The van der Waals surface area contributed by atoms with E-state index >= 15 is 0 Å². The van der Waals surface area contributed by atoms with Crippen molar-refractivity contribution in [1.29, 1.82) is 0 Å². The van der Waals surface area contributed by atoms with Gasteiger partial charge in [0.25, 0.3) is 0 Å². The summed E-state index contributed by atoms with van der Waals surface area (Å²) >= 11 is 0. The van der Waals surface area contributed by atoms with Gasteiger partial charge in [-0.2, -0.15) is 0 Å². The van der Waals surface area contributed by atoms with Gasteiger partial charge in [0.05, 0.1) is 25.0 Å². The van der Waals surface area contributed by atoms with Gasteiger partial charge in [-0.3, -0.25) is 9.78 Å². The maximum atomic E-state index is 12.1. The van der Waals surface area contributed by atoms with Gasteiger partial charge in [-0.1, -0.05) is 19.9 Å². The van der Waals surface area contributed by atoms with Crippen LogP contribution in [0.15, 0.2) is 24.4 Å². The van der Waals surface area contributed by atoms with Crippen LogP contribution in [0.25, 0.3) is 0 Å². The number of ether oxygens (including phenoxy) is 2. The van der Waals surface area contributed by atoms with E-state index in [9.17, 15) is 4.79 Å². The maximum absolute atomic E-state index is 12.1. The topological polar surface area (TPSA) is 51.7 Å². The summed E-state index contributed by atoms with van der Waals surface area (Å²) in [5.74, 6) is 1.27. The van der Waals surface area contributed by atoms with Crippen LogP contribution in [0.5, 0.6) is 0 Å². The Kier molecular flexibility index (Phi) is 5.28. The van der Waals surface area contributed by atoms with Gasteiger partial charge in [0.1, 0.15) is 0 Å². The zero-order chi connectivity index (χ0) is 16.2. The number of likely N-dealkylation sites (tertiary alicyclic amines) is 1. The molecule has 3 rings (SSSR count). The van der Waals surface area contributed by atoms with E-state index in [4.69, 9.17) is 9.47 Å². The highest BCUT2D eigenvalue weighted by Crippen LogP contribution is 2.35. The van der Waals surface area contributed by atoms with Crippen molar-refractivity contribution in [2.45, 2.75) is 33.0 Å². The number of carbonyl (C=O) groups excluding carboxylic acids is 1. The van der Waals surface area contributed by atoms with Gasteiger partial charge in [-0.25, -0.2) is 0 Å². The molecule has 0 aromatic carbocycles. The van der Waals surface area contributed by atoms with Gasteiger partial charge in [0.15, 0.2) is 0 Å². The smallest absolute Gasteiger partial charge is 0.225 e. The zero-order valence-corrected chi connectivity index (χ0v) is 14.0. The van der Waals surface area contributed by atoms with Crippen LogP contribution in [-0.2, 0) is 20.9 Å². The Labute approximate surface area is 138 Å². The van der Waals surface area contributed by atoms with Crippen molar-refractivity contribution < 1.29 is 14.3 Å². The Morgan fingerprint density at radius 2 is 2.30 bits per heavy atom. The van der Waals surface area contributed by atoms with Crippen molar-refractivity contribution in [3.63, 3.8) is 0 Å². The summed E-state index contributed by atoms with van der Waals surface area (Å²) in [5.41, 5.74) is 0.961. The lowest BCUT2D eigenvalue weighted by atomic mass is 9.91. The Balaban J connectivity index is 1.42. The molecule has 5 nitrogen and oxygen atoms in total. The maximum Gasteiger partial charge on any atom is 0.225 e. The first-order valence-electron chi connectivity index (χ1n) is 8.53. The standard InChI is InChI=1S/C18H26N2O3/c1-13(2)18(21)20-9-16-14(11-23-17(16)10-20)6-8-22-12-15-5-3-4-7-19-15/h3-5,7,13-14,16-17H,6,8-12H2,1-2H3/t14-,16-,17-/m0/s1. The fourth-order valence-corrected chi connectivity index (χ4v) is 3.54. The molecule has 0 aliphatic carbocycles. The van der Waals surface area contributed by atoms with Gasteiger partial charge < -0.3 is 14.4 Å². The van der Waals surface area contributed by atoms with E-state index in [0.717, 1.165) is 31.8 Å². The molecule has 3 heterocycles. The molecule has 0 bridgehead atoms. The molecule has 1 aromatic rings. The van der Waals surface area contributed by atoms with Gasteiger partial charge in [-0.05, 0) is 24.5 Å². The first-order chi connectivity index (χ1) is 11.1. The van der Waals surface area contributed by atoms with E-state index in [0.29, 0.717) is 25.0 Å². The third-order valence-corrected chi connectivity index (χ3v) is 4.85. The number of carbonyl (C=O) groups is 1. The van der Waals surface area contributed by atoms with Crippen molar-refractivity contribution in [2.24, 2.45) is 17.8 Å². The summed E-state index contributed by atoms with van der Waals surface area (Å²) in [7, 11) is 0. The van der Waals surface area contributed by atoms with Gasteiger partial charge >= 0.3 is 0 Å². The van der Waals surface area contributed by atoms with Gasteiger partial charge in [0, 0.05) is 37.7 Å². The molecule has 2 fully saturated rings. The number of pyridine rings is 1. The molecule has 0 radical (unpaired) electrons. The molecule has 126 valence electrons. The quantitative estimate of drug-likeness (QED) is 0.754. The number of hydrogen-bond acceptors (Lipinski definition) is 4. The van der Waals surface area contributed by atoms with Crippen molar-refractivity contribution in [1.82, 2.24) is 9.88 Å². The summed E-state index contributed by atoms with van der Waals surface area (Å²) in [6, 6.07) is 5.85. The highest BCUT2D eigenvalue weighted by Gasteiger charge is 2.45. The number of fused-ring (bicyclic) bond motifs is 1. The third kappa shape index (κ3) is 3.90. The number of nitrogens with zero attached hydrogens (tertiary/aromatic N) is 2. The number of aromatic nitrogens is 1. The van der Waals surface area contributed by atoms with E-state index < -0.39 is 0 Å². The Morgan fingerprint density at radius 3 is 3.04 bits per heavy atom. The molecule has 0 N–H and O–H groups in total. The van der Waals surface area contributed by atoms with Crippen molar-refractivity contribution >= 4 is 5.91 Å². The lowest BCUT2D eigenvalue weighted by molar-refractivity contribution is -0.134. The minimum absolute atomic E-state index is 0.0639. The molecular formula is C18H26N2O3. The van der Waals surface area contributed by atoms with E-state index in [1.54, 1.807) is 6.20 Å². The average molecular weight is 318 g/mol. The van der Waals surface area contributed by atoms with Crippen LogP contribution in [0.4, 0.5) is 0 Å². The van der Waals surface area contributed by atoms with Crippen molar-refractivity contribution in [2.75, 3.05) is 26.3 Å². The second-order valence-electron chi connectivity index (χ2n) is 6.86.